The topological polar surface area (TPSA) is 83.5 Å². The van der Waals surface area contributed by atoms with Crippen LogP contribution in [0.25, 0.3) is 6.08 Å². The minimum absolute atomic E-state index is 0.0852. The van der Waals surface area contributed by atoms with Crippen LogP contribution in [0.2, 0.25) is 0 Å². The summed E-state index contributed by atoms with van der Waals surface area (Å²) in [6.07, 6.45) is 10.5. The van der Waals surface area contributed by atoms with Crippen molar-refractivity contribution in [3.8, 4) is 0 Å². The summed E-state index contributed by atoms with van der Waals surface area (Å²) < 4.78 is 0. The Kier molecular flexibility index (Phi) is 8.42. The minimum Gasteiger partial charge on any atom is -0.481 e. The summed E-state index contributed by atoms with van der Waals surface area (Å²) in [6, 6.07) is 5.84. The van der Waals surface area contributed by atoms with E-state index in [0.29, 0.717) is 18.6 Å². The van der Waals surface area contributed by atoms with Crippen LogP contribution in [0.4, 0.5) is 5.69 Å². The largest absolute Gasteiger partial charge is 0.481 e. The van der Waals surface area contributed by atoms with Crippen LogP contribution in [-0.2, 0) is 14.4 Å². The quantitative estimate of drug-likeness (QED) is 0.556. The van der Waals surface area contributed by atoms with E-state index in [4.69, 9.17) is 5.11 Å². The Balaban J connectivity index is 1.88. The second-order valence-electron chi connectivity index (χ2n) is 7.73. The second kappa shape index (κ2) is 10.8. The number of Topliss-reactive ketones (excluding diaryl/α,β-unsaturated/α-hetero) is 1. The first-order valence-corrected chi connectivity index (χ1v) is 10.2. The monoisotopic (exact) mass is 385 g/mol. The number of unbranched alkanes of at least 4 members (excludes halogenated alkanes) is 3. The summed E-state index contributed by atoms with van der Waals surface area (Å²) >= 11 is 0. The number of aliphatic carboxylic acids is 1. The summed E-state index contributed by atoms with van der Waals surface area (Å²) in [5, 5.41) is 11.5. The second-order valence-corrected chi connectivity index (χ2v) is 7.73. The first-order chi connectivity index (χ1) is 13.4. The van der Waals surface area contributed by atoms with Crippen molar-refractivity contribution in [2.45, 2.75) is 65.2 Å². The summed E-state index contributed by atoms with van der Waals surface area (Å²) in [6.45, 7) is 3.51. The number of carboxylic acid groups (broad SMARTS) is 1. The van der Waals surface area contributed by atoms with Gasteiger partial charge in [0, 0.05) is 31.4 Å². The molecule has 1 aromatic rings. The van der Waals surface area contributed by atoms with Crippen molar-refractivity contribution >= 4 is 29.4 Å². The van der Waals surface area contributed by atoms with Crippen molar-refractivity contribution in [2.75, 3.05) is 5.32 Å². The van der Waals surface area contributed by atoms with Crippen molar-refractivity contribution in [3.05, 3.63) is 35.4 Å². The van der Waals surface area contributed by atoms with E-state index < -0.39 is 5.97 Å². The molecule has 0 saturated heterocycles. The normalized spacial score (nSPS) is 19.3. The van der Waals surface area contributed by atoms with Crippen LogP contribution < -0.4 is 5.32 Å². The molecule has 1 amide bonds. The highest BCUT2D eigenvalue weighted by molar-refractivity contribution is 5.89. The van der Waals surface area contributed by atoms with E-state index >= 15 is 0 Å². The maximum atomic E-state index is 12.3. The number of carbonyl (C=O) groups is 3. The molecule has 0 aliphatic heterocycles. The van der Waals surface area contributed by atoms with Crippen molar-refractivity contribution in [3.63, 3.8) is 0 Å². The molecule has 5 nitrogen and oxygen atoms in total. The van der Waals surface area contributed by atoms with E-state index in [1.807, 2.05) is 25.1 Å². The molecular weight excluding hydrogens is 354 g/mol. The first-order valence-electron chi connectivity index (χ1n) is 10.2. The van der Waals surface area contributed by atoms with Gasteiger partial charge in [0.15, 0.2) is 0 Å². The summed E-state index contributed by atoms with van der Waals surface area (Å²) in [5.41, 5.74) is 2.97. The Labute approximate surface area is 167 Å². The lowest BCUT2D eigenvalue weighted by Gasteiger charge is -2.15. The van der Waals surface area contributed by atoms with E-state index in [0.717, 1.165) is 48.9 Å². The van der Waals surface area contributed by atoms with E-state index in [1.54, 1.807) is 0 Å². The fourth-order valence-electron chi connectivity index (χ4n) is 3.90. The van der Waals surface area contributed by atoms with Gasteiger partial charge in [0.2, 0.25) is 5.91 Å². The highest BCUT2D eigenvalue weighted by Crippen LogP contribution is 2.34. The zero-order valence-electron chi connectivity index (χ0n) is 16.9. The summed E-state index contributed by atoms with van der Waals surface area (Å²) in [7, 11) is 0. The number of aryl methyl sites for hydroxylation is 1. The number of carbonyl (C=O) groups excluding carboxylic acids is 2. The number of rotatable bonds is 10. The van der Waals surface area contributed by atoms with Crippen molar-refractivity contribution in [1.29, 1.82) is 0 Å². The number of hydrogen-bond donors (Lipinski definition) is 2. The predicted molar refractivity (Wildman–Crippen MR) is 111 cm³/mol. The highest BCUT2D eigenvalue weighted by Gasteiger charge is 2.32. The molecule has 1 aliphatic carbocycles. The average Bonchev–Trinajstić information content (AvgIpc) is 2.96. The van der Waals surface area contributed by atoms with Crippen molar-refractivity contribution in [2.24, 2.45) is 11.8 Å². The molecule has 2 N–H and O–H groups in total. The summed E-state index contributed by atoms with van der Waals surface area (Å²) in [5.74, 6) is -0.0944. The third-order valence-electron chi connectivity index (χ3n) is 5.42. The molecule has 0 spiro atoms. The number of amides is 1. The van der Waals surface area contributed by atoms with Gasteiger partial charge in [-0.2, -0.15) is 0 Å². The molecule has 2 rings (SSSR count). The van der Waals surface area contributed by atoms with E-state index in [2.05, 4.69) is 17.5 Å². The van der Waals surface area contributed by atoms with Crippen LogP contribution in [0, 0.1) is 18.8 Å². The van der Waals surface area contributed by atoms with Gasteiger partial charge in [0.1, 0.15) is 5.78 Å². The molecule has 28 heavy (non-hydrogen) atoms. The van der Waals surface area contributed by atoms with Gasteiger partial charge in [-0.15, -0.1) is 0 Å². The van der Waals surface area contributed by atoms with Gasteiger partial charge in [-0.1, -0.05) is 37.5 Å². The molecule has 0 bridgehead atoms. The lowest BCUT2D eigenvalue weighted by Crippen LogP contribution is -2.13. The first kappa shape index (κ1) is 21.9. The molecule has 5 heteroatoms. The lowest BCUT2D eigenvalue weighted by atomic mass is 9.89. The third-order valence-corrected chi connectivity index (χ3v) is 5.42. The molecular formula is C23H31NO4. The van der Waals surface area contributed by atoms with Gasteiger partial charge >= 0.3 is 5.97 Å². The third kappa shape index (κ3) is 6.95. The SMILES string of the molecule is CC(=O)Nc1ccc(C=C[C@@H]2CCC(=O)[C@H]2CCCCCCC(=O)O)c(C)c1. The Bertz CT molecular complexity index is 738. The molecule has 0 unspecified atom stereocenters. The van der Waals surface area contributed by atoms with E-state index in [1.165, 1.54) is 6.92 Å². The van der Waals surface area contributed by atoms with Gasteiger partial charge in [-0.25, -0.2) is 0 Å². The molecule has 1 saturated carbocycles. The predicted octanol–water partition coefficient (Wildman–Crippen LogP) is 4.99. The van der Waals surface area contributed by atoms with Crippen LogP contribution in [-0.4, -0.2) is 22.8 Å². The van der Waals surface area contributed by atoms with Gasteiger partial charge in [0.05, 0.1) is 0 Å². The fourth-order valence-corrected chi connectivity index (χ4v) is 3.90. The Morgan fingerprint density at radius 2 is 1.96 bits per heavy atom. The number of nitrogens with one attached hydrogen (secondary N) is 1. The molecule has 1 fully saturated rings. The molecule has 152 valence electrons. The Morgan fingerprint density at radius 1 is 1.21 bits per heavy atom. The van der Waals surface area contributed by atoms with Crippen LogP contribution in [0.15, 0.2) is 24.3 Å². The molecule has 0 heterocycles. The number of carboxylic acids is 1. The number of benzene rings is 1. The van der Waals surface area contributed by atoms with Crippen molar-refractivity contribution in [1.82, 2.24) is 0 Å². The lowest BCUT2D eigenvalue weighted by molar-refractivity contribution is -0.137. The number of anilines is 1. The maximum Gasteiger partial charge on any atom is 0.303 e. The molecule has 1 aromatic carbocycles. The van der Waals surface area contributed by atoms with Crippen molar-refractivity contribution < 1.29 is 19.5 Å². The van der Waals surface area contributed by atoms with Crippen LogP contribution in [0.1, 0.15) is 69.4 Å². The van der Waals surface area contributed by atoms with Crippen LogP contribution >= 0.6 is 0 Å². The Morgan fingerprint density at radius 3 is 2.64 bits per heavy atom. The van der Waals surface area contributed by atoms with Gasteiger partial charge < -0.3 is 10.4 Å². The van der Waals surface area contributed by atoms with Gasteiger partial charge in [-0.3, -0.25) is 14.4 Å². The van der Waals surface area contributed by atoms with Gasteiger partial charge in [0.25, 0.3) is 0 Å². The zero-order valence-corrected chi connectivity index (χ0v) is 16.9. The van der Waals surface area contributed by atoms with Gasteiger partial charge in [-0.05, 0) is 55.4 Å². The maximum absolute atomic E-state index is 12.3. The van der Waals surface area contributed by atoms with E-state index in [9.17, 15) is 14.4 Å². The minimum atomic E-state index is -0.739. The number of hydrogen-bond acceptors (Lipinski definition) is 3. The van der Waals surface area contributed by atoms with Crippen LogP contribution in [0.5, 0.6) is 0 Å². The summed E-state index contributed by atoms with van der Waals surface area (Å²) in [4.78, 5) is 34.0. The number of ketones is 1. The Hall–Kier alpha value is -2.43. The molecule has 2 atom stereocenters. The standard InChI is InChI=1S/C23H31NO4/c1-16-15-20(24-17(2)25)13-11-18(16)9-10-19-12-14-22(26)21(19)7-5-3-4-6-8-23(27)28/h9-11,13,15,19,21H,3-8,12,14H2,1-2H3,(H,24,25)(H,27,28)/t19-,21+/m1/s1. The average molecular weight is 386 g/mol. The van der Waals surface area contributed by atoms with E-state index in [-0.39, 0.29) is 24.2 Å². The molecule has 0 radical (unpaired) electrons. The molecule has 1 aliphatic rings. The molecule has 0 aromatic heterocycles. The zero-order chi connectivity index (χ0) is 20.5. The smallest absolute Gasteiger partial charge is 0.303 e. The number of allylic oxidation sites excluding steroid dienone is 1. The fraction of sp³-hybridized carbons (Fsp3) is 0.522. The van der Waals surface area contributed by atoms with Crippen LogP contribution in [0.3, 0.4) is 0 Å². The highest BCUT2D eigenvalue weighted by atomic mass is 16.4.